The summed E-state index contributed by atoms with van der Waals surface area (Å²) in [4.78, 5) is 23.9. The molecule has 0 spiro atoms. The average molecular weight is 340 g/mol. The average Bonchev–Trinajstić information content (AvgIpc) is 2.61. The lowest BCUT2D eigenvalue weighted by molar-refractivity contribution is -0.115. The Morgan fingerprint density at radius 3 is 2.16 bits per heavy atom. The van der Waals surface area contributed by atoms with E-state index in [1.165, 1.54) is 0 Å². The summed E-state index contributed by atoms with van der Waals surface area (Å²) in [5.74, 6) is 0.667. The molecule has 0 aliphatic rings. The van der Waals surface area contributed by atoms with Gasteiger partial charge in [0.15, 0.2) is 0 Å². The van der Waals surface area contributed by atoms with Crippen molar-refractivity contribution in [3.05, 3.63) is 54.1 Å². The SMILES string of the molecule is CCC(=O)Nc1ccc(NC(=O)c2ccccc2OCC(C)C)cc1. The lowest BCUT2D eigenvalue weighted by Gasteiger charge is -2.13. The molecular formula is C20H24N2O3. The standard InChI is InChI=1S/C20H24N2O3/c1-4-19(23)21-15-9-11-16(12-10-15)22-20(24)17-7-5-6-8-18(17)25-13-14(2)3/h5-12,14H,4,13H2,1-3H3,(H,21,23)(H,22,24). The fourth-order valence-electron chi connectivity index (χ4n) is 2.12. The molecule has 0 saturated carbocycles. The molecule has 0 aliphatic heterocycles. The Kier molecular flexibility index (Phi) is 6.57. The molecule has 25 heavy (non-hydrogen) atoms. The van der Waals surface area contributed by atoms with Gasteiger partial charge in [-0.3, -0.25) is 9.59 Å². The van der Waals surface area contributed by atoms with Crippen LogP contribution in [-0.4, -0.2) is 18.4 Å². The van der Waals surface area contributed by atoms with E-state index in [9.17, 15) is 9.59 Å². The highest BCUT2D eigenvalue weighted by Crippen LogP contribution is 2.21. The van der Waals surface area contributed by atoms with Crippen molar-refractivity contribution in [3.63, 3.8) is 0 Å². The molecule has 0 bridgehead atoms. The lowest BCUT2D eigenvalue weighted by atomic mass is 10.1. The number of ether oxygens (including phenoxy) is 1. The molecule has 0 heterocycles. The van der Waals surface area contributed by atoms with Gasteiger partial charge in [-0.15, -0.1) is 0 Å². The van der Waals surface area contributed by atoms with Gasteiger partial charge in [0.1, 0.15) is 5.75 Å². The molecule has 5 heteroatoms. The minimum absolute atomic E-state index is 0.0481. The number of amides is 2. The first kappa shape index (κ1) is 18.5. The Morgan fingerprint density at radius 1 is 0.960 bits per heavy atom. The van der Waals surface area contributed by atoms with Gasteiger partial charge in [0.25, 0.3) is 5.91 Å². The summed E-state index contributed by atoms with van der Waals surface area (Å²) in [6, 6.07) is 14.2. The maximum Gasteiger partial charge on any atom is 0.259 e. The zero-order chi connectivity index (χ0) is 18.2. The third-order valence-corrected chi connectivity index (χ3v) is 3.45. The Balaban J connectivity index is 2.05. The molecular weight excluding hydrogens is 316 g/mol. The minimum atomic E-state index is -0.232. The van der Waals surface area contributed by atoms with Crippen molar-refractivity contribution >= 4 is 23.2 Å². The fourth-order valence-corrected chi connectivity index (χ4v) is 2.12. The molecule has 5 nitrogen and oxygen atoms in total. The zero-order valence-corrected chi connectivity index (χ0v) is 14.8. The number of carbonyl (C=O) groups excluding carboxylic acids is 2. The van der Waals surface area contributed by atoms with Crippen LogP contribution in [0.25, 0.3) is 0 Å². The molecule has 0 radical (unpaired) electrons. The minimum Gasteiger partial charge on any atom is -0.492 e. The maximum absolute atomic E-state index is 12.5. The molecule has 2 amide bonds. The van der Waals surface area contributed by atoms with Gasteiger partial charge in [-0.2, -0.15) is 0 Å². The second-order valence-corrected chi connectivity index (χ2v) is 6.13. The van der Waals surface area contributed by atoms with Crippen LogP contribution in [0.4, 0.5) is 11.4 Å². The Bertz CT molecular complexity index is 724. The highest BCUT2D eigenvalue weighted by Gasteiger charge is 2.13. The molecule has 0 aliphatic carbocycles. The number of hydrogen-bond donors (Lipinski definition) is 2. The number of para-hydroxylation sites is 1. The monoisotopic (exact) mass is 340 g/mol. The Hall–Kier alpha value is -2.82. The lowest BCUT2D eigenvalue weighted by Crippen LogP contribution is -2.15. The summed E-state index contributed by atoms with van der Waals surface area (Å²) in [7, 11) is 0. The molecule has 0 saturated heterocycles. The molecule has 0 aromatic heterocycles. The first-order chi connectivity index (χ1) is 12.0. The van der Waals surface area contributed by atoms with Crippen LogP contribution in [0.3, 0.4) is 0 Å². The molecule has 2 aromatic carbocycles. The van der Waals surface area contributed by atoms with Crippen molar-refractivity contribution in [3.8, 4) is 5.75 Å². The van der Waals surface area contributed by atoms with Gasteiger partial charge < -0.3 is 15.4 Å². The first-order valence-corrected chi connectivity index (χ1v) is 8.42. The molecule has 2 rings (SSSR count). The largest absolute Gasteiger partial charge is 0.492 e. The summed E-state index contributed by atoms with van der Waals surface area (Å²) < 4.78 is 5.72. The molecule has 132 valence electrons. The highest BCUT2D eigenvalue weighted by atomic mass is 16.5. The van der Waals surface area contributed by atoms with E-state index in [0.717, 1.165) is 0 Å². The van der Waals surface area contributed by atoms with Crippen LogP contribution in [0.15, 0.2) is 48.5 Å². The number of carbonyl (C=O) groups is 2. The van der Waals surface area contributed by atoms with Gasteiger partial charge in [0, 0.05) is 17.8 Å². The number of nitrogens with one attached hydrogen (secondary N) is 2. The third kappa shape index (κ3) is 5.64. The van der Waals surface area contributed by atoms with E-state index in [1.54, 1.807) is 49.4 Å². The molecule has 0 fully saturated rings. The van der Waals surface area contributed by atoms with Crippen LogP contribution in [-0.2, 0) is 4.79 Å². The Labute approximate surface area is 148 Å². The molecule has 0 unspecified atom stereocenters. The normalized spacial score (nSPS) is 10.4. The summed E-state index contributed by atoms with van der Waals surface area (Å²) >= 11 is 0. The van der Waals surface area contributed by atoms with Crippen LogP contribution < -0.4 is 15.4 Å². The van der Waals surface area contributed by atoms with Crippen LogP contribution >= 0.6 is 0 Å². The third-order valence-electron chi connectivity index (χ3n) is 3.45. The Morgan fingerprint density at radius 2 is 1.56 bits per heavy atom. The van der Waals surface area contributed by atoms with E-state index in [0.29, 0.717) is 41.6 Å². The van der Waals surface area contributed by atoms with Crippen molar-refractivity contribution in [2.45, 2.75) is 27.2 Å². The predicted octanol–water partition coefficient (Wildman–Crippen LogP) is 4.32. The number of anilines is 2. The van der Waals surface area contributed by atoms with Crippen LogP contribution in [0, 0.1) is 5.92 Å². The summed E-state index contributed by atoms with van der Waals surface area (Å²) in [6.07, 6.45) is 0.422. The van der Waals surface area contributed by atoms with E-state index in [2.05, 4.69) is 24.5 Å². The van der Waals surface area contributed by atoms with E-state index < -0.39 is 0 Å². The molecule has 2 aromatic rings. The van der Waals surface area contributed by atoms with E-state index in [-0.39, 0.29) is 11.8 Å². The second-order valence-electron chi connectivity index (χ2n) is 6.13. The van der Waals surface area contributed by atoms with Gasteiger partial charge in [0.05, 0.1) is 12.2 Å². The molecule has 2 N–H and O–H groups in total. The topological polar surface area (TPSA) is 67.4 Å². The van der Waals surface area contributed by atoms with Crippen molar-refractivity contribution in [1.29, 1.82) is 0 Å². The second kappa shape index (κ2) is 8.87. The fraction of sp³-hybridized carbons (Fsp3) is 0.300. The van der Waals surface area contributed by atoms with Gasteiger partial charge >= 0.3 is 0 Å². The summed E-state index contributed by atoms with van der Waals surface area (Å²) in [5.41, 5.74) is 1.84. The van der Waals surface area contributed by atoms with E-state index in [4.69, 9.17) is 4.74 Å². The van der Waals surface area contributed by atoms with E-state index >= 15 is 0 Å². The zero-order valence-electron chi connectivity index (χ0n) is 14.8. The number of benzene rings is 2. The van der Waals surface area contributed by atoms with Gasteiger partial charge in [-0.25, -0.2) is 0 Å². The number of rotatable bonds is 7. The van der Waals surface area contributed by atoms with Crippen molar-refractivity contribution < 1.29 is 14.3 Å². The molecule has 0 atom stereocenters. The smallest absolute Gasteiger partial charge is 0.259 e. The summed E-state index contributed by atoms with van der Waals surface area (Å²) in [6.45, 7) is 6.46. The predicted molar refractivity (Wildman–Crippen MR) is 100 cm³/mol. The van der Waals surface area contributed by atoms with Crippen molar-refractivity contribution in [1.82, 2.24) is 0 Å². The van der Waals surface area contributed by atoms with Gasteiger partial charge in [-0.1, -0.05) is 32.9 Å². The van der Waals surface area contributed by atoms with Crippen LogP contribution in [0.1, 0.15) is 37.6 Å². The highest BCUT2D eigenvalue weighted by molar-refractivity contribution is 6.06. The van der Waals surface area contributed by atoms with E-state index in [1.807, 2.05) is 6.07 Å². The van der Waals surface area contributed by atoms with Crippen molar-refractivity contribution in [2.24, 2.45) is 5.92 Å². The maximum atomic E-state index is 12.5. The number of hydrogen-bond acceptors (Lipinski definition) is 3. The van der Waals surface area contributed by atoms with Crippen LogP contribution in [0.2, 0.25) is 0 Å². The van der Waals surface area contributed by atoms with Gasteiger partial charge in [0.2, 0.25) is 5.91 Å². The quantitative estimate of drug-likeness (QED) is 0.788. The van der Waals surface area contributed by atoms with Crippen molar-refractivity contribution in [2.75, 3.05) is 17.2 Å². The van der Waals surface area contributed by atoms with Crippen LogP contribution in [0.5, 0.6) is 5.75 Å². The van der Waals surface area contributed by atoms with Gasteiger partial charge in [-0.05, 0) is 42.3 Å². The first-order valence-electron chi connectivity index (χ1n) is 8.42. The summed E-state index contributed by atoms with van der Waals surface area (Å²) in [5, 5.41) is 5.62.